The summed E-state index contributed by atoms with van der Waals surface area (Å²) < 4.78 is 0. The second-order valence-electron chi connectivity index (χ2n) is 12.5. The number of piperidine rings is 1. The number of carbonyl (C=O) groups is 1. The summed E-state index contributed by atoms with van der Waals surface area (Å²) in [5.41, 5.74) is 3.64. The highest BCUT2D eigenvalue weighted by molar-refractivity contribution is 5.95. The van der Waals surface area contributed by atoms with Crippen LogP contribution in [0.15, 0.2) is 84.9 Å². The van der Waals surface area contributed by atoms with Gasteiger partial charge < -0.3 is 14.9 Å². The lowest BCUT2D eigenvalue weighted by atomic mass is 9.89. The van der Waals surface area contributed by atoms with Gasteiger partial charge in [-0.15, -0.1) is 0 Å². The molecule has 0 amide bonds. The molecule has 3 fully saturated rings. The van der Waals surface area contributed by atoms with E-state index in [1.54, 1.807) is 0 Å². The van der Waals surface area contributed by atoms with E-state index in [1.807, 2.05) is 36.4 Å². The highest BCUT2D eigenvalue weighted by Crippen LogP contribution is 2.33. The molecular weight excluding hydrogens is 532 g/mol. The van der Waals surface area contributed by atoms with Crippen LogP contribution in [0.5, 0.6) is 0 Å². The van der Waals surface area contributed by atoms with Gasteiger partial charge in [-0.25, -0.2) is 0 Å². The van der Waals surface area contributed by atoms with Crippen LogP contribution >= 0.6 is 0 Å². The second kappa shape index (κ2) is 16.4. The smallest absolute Gasteiger partial charge is 0.290 e. The molecule has 0 spiro atoms. The van der Waals surface area contributed by atoms with Gasteiger partial charge in [0.25, 0.3) is 6.47 Å². The number of hydrogen-bond acceptors (Lipinski definition) is 4. The number of aromatic amines is 1. The molecule has 7 rings (SSSR count). The van der Waals surface area contributed by atoms with Crippen LogP contribution in [0.1, 0.15) is 63.0 Å². The Morgan fingerprint density at radius 3 is 2.09 bits per heavy atom. The molecule has 1 atom stereocenters. The van der Waals surface area contributed by atoms with Crippen molar-refractivity contribution in [1.29, 1.82) is 0 Å². The number of H-pyrrole nitrogens is 1. The lowest BCUT2D eigenvalue weighted by Crippen LogP contribution is -2.37. The molecule has 2 N–H and O–H groups in total. The minimum atomic E-state index is -0.250. The fraction of sp³-hybridized carbons (Fsp3) is 0.459. The highest BCUT2D eigenvalue weighted by Gasteiger charge is 2.29. The molecule has 3 heterocycles. The summed E-state index contributed by atoms with van der Waals surface area (Å²) in [7, 11) is 0. The van der Waals surface area contributed by atoms with Gasteiger partial charge in [0.1, 0.15) is 0 Å². The first kappa shape index (κ1) is 31.0. The molecule has 1 saturated carbocycles. The zero-order valence-electron chi connectivity index (χ0n) is 25.5. The summed E-state index contributed by atoms with van der Waals surface area (Å²) in [6.45, 7) is 7.56. The Labute approximate surface area is 257 Å². The first-order valence-corrected chi connectivity index (χ1v) is 16.3. The number of fused-ring (bicyclic) bond motifs is 1. The molecule has 2 saturated heterocycles. The fourth-order valence-electron chi connectivity index (χ4n) is 7.27. The monoisotopic (exact) mass is 580 g/mol. The maximum atomic E-state index is 8.36. The summed E-state index contributed by atoms with van der Waals surface area (Å²) in [5, 5.41) is 17.6. The van der Waals surface area contributed by atoms with Crippen molar-refractivity contribution < 1.29 is 9.90 Å². The van der Waals surface area contributed by atoms with E-state index in [1.165, 1.54) is 113 Å². The zero-order valence-corrected chi connectivity index (χ0v) is 25.5. The van der Waals surface area contributed by atoms with Gasteiger partial charge in [0.15, 0.2) is 0 Å². The van der Waals surface area contributed by atoms with Gasteiger partial charge in [0.2, 0.25) is 0 Å². The Kier molecular flexibility index (Phi) is 11.8. The fourth-order valence-corrected chi connectivity index (χ4v) is 7.27. The number of likely N-dealkylation sites (tertiary alicyclic amines) is 2. The van der Waals surface area contributed by atoms with E-state index in [2.05, 4.69) is 63.4 Å². The molecule has 43 heavy (non-hydrogen) atoms. The summed E-state index contributed by atoms with van der Waals surface area (Å²) in [5.74, 6) is 2.47. The Morgan fingerprint density at radius 2 is 1.37 bits per heavy atom. The standard InChI is InChI=1S/C30H40N4.C6H6.CH2O2/c1-2-7-23(8-3-1)20-34-16-13-24(22-34)21-33-17-14-26(15-18-33)29-19-30(32-31-29)28-12-6-10-25-9-4-5-11-27(25)28;1-2-4-6-5-3-1;2-1-3/h4-6,9-12,19,23-24,26H,1-3,7-8,13-18,20-22H2,(H,31,32);1-6H;1H,(H,2,3)/t24-;;/m1../s1. The predicted octanol–water partition coefficient (Wildman–Crippen LogP) is 7.70. The zero-order chi connectivity index (χ0) is 29.7. The maximum absolute atomic E-state index is 8.36. The van der Waals surface area contributed by atoms with Gasteiger partial charge in [0.05, 0.1) is 5.69 Å². The number of nitrogens with one attached hydrogen (secondary N) is 1. The summed E-state index contributed by atoms with van der Waals surface area (Å²) >= 11 is 0. The van der Waals surface area contributed by atoms with Crippen LogP contribution in [0.4, 0.5) is 0 Å². The van der Waals surface area contributed by atoms with Crippen molar-refractivity contribution in [3.05, 3.63) is 90.6 Å². The summed E-state index contributed by atoms with van der Waals surface area (Å²) in [6.07, 6.45) is 11.3. The molecule has 6 nitrogen and oxygen atoms in total. The van der Waals surface area contributed by atoms with E-state index in [0.717, 1.165) is 17.5 Å². The van der Waals surface area contributed by atoms with Crippen LogP contribution in [0.3, 0.4) is 0 Å². The van der Waals surface area contributed by atoms with E-state index in [4.69, 9.17) is 15.0 Å². The van der Waals surface area contributed by atoms with Crippen LogP contribution < -0.4 is 0 Å². The van der Waals surface area contributed by atoms with Crippen molar-refractivity contribution in [2.45, 2.75) is 57.3 Å². The molecule has 0 bridgehead atoms. The average molecular weight is 581 g/mol. The molecule has 228 valence electrons. The lowest BCUT2D eigenvalue weighted by molar-refractivity contribution is -0.122. The van der Waals surface area contributed by atoms with Crippen LogP contribution in [0.25, 0.3) is 22.0 Å². The molecule has 4 aromatic rings. The van der Waals surface area contributed by atoms with Gasteiger partial charge in [-0.1, -0.05) is 98.1 Å². The van der Waals surface area contributed by atoms with Gasteiger partial charge in [-0.05, 0) is 80.4 Å². The highest BCUT2D eigenvalue weighted by atomic mass is 16.3. The minimum absolute atomic E-state index is 0.250. The third-order valence-electron chi connectivity index (χ3n) is 9.48. The number of benzene rings is 3. The molecule has 1 aliphatic carbocycles. The van der Waals surface area contributed by atoms with Gasteiger partial charge in [-0.2, -0.15) is 5.10 Å². The van der Waals surface area contributed by atoms with Crippen LogP contribution in [0, 0.1) is 11.8 Å². The Balaban J connectivity index is 0.000000356. The predicted molar refractivity (Wildman–Crippen MR) is 176 cm³/mol. The van der Waals surface area contributed by atoms with Crippen molar-refractivity contribution in [1.82, 2.24) is 20.0 Å². The average Bonchev–Trinajstić information content (AvgIpc) is 3.73. The van der Waals surface area contributed by atoms with E-state index in [9.17, 15) is 0 Å². The molecular formula is C37H48N4O2. The molecule has 6 heteroatoms. The molecule has 3 aromatic carbocycles. The molecule has 1 aromatic heterocycles. The first-order valence-electron chi connectivity index (χ1n) is 16.3. The first-order chi connectivity index (χ1) is 21.2. The number of carboxylic acid groups (broad SMARTS) is 1. The Hall–Kier alpha value is -3.48. The molecule has 0 radical (unpaired) electrons. The number of aromatic nitrogens is 2. The summed E-state index contributed by atoms with van der Waals surface area (Å²) in [6, 6.07) is 29.4. The van der Waals surface area contributed by atoms with E-state index in [0.29, 0.717) is 5.92 Å². The third kappa shape index (κ3) is 9.01. The van der Waals surface area contributed by atoms with E-state index < -0.39 is 0 Å². The summed E-state index contributed by atoms with van der Waals surface area (Å²) in [4.78, 5) is 13.9. The molecule has 3 aliphatic rings. The van der Waals surface area contributed by atoms with Crippen LogP contribution in [-0.4, -0.2) is 70.8 Å². The van der Waals surface area contributed by atoms with Crippen molar-refractivity contribution in [3.63, 3.8) is 0 Å². The third-order valence-corrected chi connectivity index (χ3v) is 9.48. The van der Waals surface area contributed by atoms with Crippen molar-refractivity contribution in [3.8, 4) is 11.3 Å². The molecule has 2 aliphatic heterocycles. The van der Waals surface area contributed by atoms with Crippen molar-refractivity contribution in [2.24, 2.45) is 11.8 Å². The Morgan fingerprint density at radius 1 is 0.744 bits per heavy atom. The van der Waals surface area contributed by atoms with Crippen LogP contribution in [0.2, 0.25) is 0 Å². The Bertz CT molecular complexity index is 1330. The number of rotatable bonds is 6. The molecule has 0 unspecified atom stereocenters. The van der Waals surface area contributed by atoms with Crippen LogP contribution in [-0.2, 0) is 4.79 Å². The quantitative estimate of drug-likeness (QED) is 0.229. The van der Waals surface area contributed by atoms with E-state index >= 15 is 0 Å². The lowest BCUT2D eigenvalue weighted by Gasteiger charge is -2.33. The number of hydrogen-bond donors (Lipinski definition) is 2. The van der Waals surface area contributed by atoms with Gasteiger partial charge in [-0.3, -0.25) is 9.89 Å². The van der Waals surface area contributed by atoms with Crippen molar-refractivity contribution >= 4 is 17.2 Å². The van der Waals surface area contributed by atoms with Gasteiger partial charge >= 0.3 is 0 Å². The van der Waals surface area contributed by atoms with E-state index in [-0.39, 0.29) is 6.47 Å². The largest absolute Gasteiger partial charge is 0.483 e. The normalized spacial score (nSPS) is 20.1. The van der Waals surface area contributed by atoms with Gasteiger partial charge in [0, 0.05) is 36.8 Å². The SMILES string of the molecule is O=CO.c1ccc2c(-c3cc(C4CCN(C[C@H]5CCN(CC6CCCCC6)C5)CC4)[nH]n3)cccc2c1.c1ccccc1. The number of nitrogens with zero attached hydrogens (tertiary/aromatic N) is 3. The van der Waals surface area contributed by atoms with Crippen molar-refractivity contribution in [2.75, 3.05) is 39.3 Å². The topological polar surface area (TPSA) is 72.5 Å². The maximum Gasteiger partial charge on any atom is 0.290 e. The second-order valence-corrected chi connectivity index (χ2v) is 12.5. The minimum Gasteiger partial charge on any atom is -0.483 e.